The van der Waals surface area contributed by atoms with Crippen LogP contribution in [0.4, 0.5) is 10.5 Å². The number of nitrogens with zero attached hydrogens (tertiary/aromatic N) is 2. The maximum atomic E-state index is 11.8. The zero-order valence-corrected chi connectivity index (χ0v) is 21.5. The van der Waals surface area contributed by atoms with Crippen LogP contribution in [0.2, 0.25) is 5.15 Å². The first-order valence-electron chi connectivity index (χ1n) is 9.97. The Bertz CT molecular complexity index is 836. The van der Waals surface area contributed by atoms with Crippen molar-refractivity contribution in [3.63, 3.8) is 0 Å². The molecule has 2 rings (SSSR count). The molecule has 0 spiro atoms. The fourth-order valence-corrected chi connectivity index (χ4v) is 2.63. The van der Waals surface area contributed by atoms with E-state index in [2.05, 4.69) is 25.9 Å². The highest BCUT2D eigenvalue weighted by atomic mass is 127. The summed E-state index contributed by atoms with van der Waals surface area (Å²) in [6, 6.07) is 11.4. The van der Waals surface area contributed by atoms with Gasteiger partial charge in [0.05, 0.1) is 6.54 Å². The molecule has 1 aromatic heterocycles. The molecule has 2 aromatic rings. The van der Waals surface area contributed by atoms with Gasteiger partial charge < -0.3 is 15.4 Å². The van der Waals surface area contributed by atoms with Crippen LogP contribution in [0, 0.1) is 0 Å². The Hall–Kier alpha value is -2.07. The lowest BCUT2D eigenvalue weighted by Crippen LogP contribution is -2.38. The molecule has 9 heteroatoms. The smallest absolute Gasteiger partial charge is 0.412 e. The molecule has 0 aliphatic rings. The first-order valence-corrected chi connectivity index (χ1v) is 10.3. The Morgan fingerprint density at radius 2 is 1.77 bits per heavy atom. The summed E-state index contributed by atoms with van der Waals surface area (Å²) in [6.45, 7) is 9.54. The number of hydrogen-bond acceptors (Lipinski definition) is 4. The van der Waals surface area contributed by atoms with Crippen LogP contribution in [-0.4, -0.2) is 35.7 Å². The first kappa shape index (κ1) is 27.0. The Morgan fingerprint density at radius 3 is 2.35 bits per heavy atom. The maximum Gasteiger partial charge on any atom is 0.412 e. The van der Waals surface area contributed by atoms with Gasteiger partial charge in [0.25, 0.3) is 0 Å². The predicted octanol–water partition coefficient (Wildman–Crippen LogP) is 5.00. The van der Waals surface area contributed by atoms with Crippen molar-refractivity contribution in [2.24, 2.45) is 4.99 Å². The number of nitrogens with one attached hydrogen (secondary N) is 3. The number of aromatic nitrogens is 1. The van der Waals surface area contributed by atoms with Crippen LogP contribution >= 0.6 is 35.6 Å². The van der Waals surface area contributed by atoms with Gasteiger partial charge in [0.1, 0.15) is 10.8 Å². The minimum absolute atomic E-state index is 0. The second kappa shape index (κ2) is 13.4. The van der Waals surface area contributed by atoms with Crippen molar-refractivity contribution in [2.75, 3.05) is 18.4 Å². The molecule has 0 fully saturated rings. The van der Waals surface area contributed by atoms with E-state index in [4.69, 9.17) is 16.3 Å². The largest absolute Gasteiger partial charge is 0.444 e. The van der Waals surface area contributed by atoms with Gasteiger partial charge in [-0.1, -0.05) is 29.8 Å². The number of carbonyl (C=O) groups is 1. The number of carbonyl (C=O) groups excluding carboxylic acids is 1. The Labute approximate surface area is 206 Å². The van der Waals surface area contributed by atoms with E-state index in [1.54, 1.807) is 12.3 Å². The number of benzene rings is 1. The molecule has 0 saturated heterocycles. The number of aliphatic imine (C=N–C) groups is 1. The van der Waals surface area contributed by atoms with Gasteiger partial charge in [-0.2, -0.15) is 0 Å². The number of rotatable bonds is 7. The molecule has 3 N–H and O–H groups in total. The molecule has 7 nitrogen and oxygen atoms in total. The lowest BCUT2D eigenvalue weighted by Gasteiger charge is -2.19. The van der Waals surface area contributed by atoms with E-state index < -0.39 is 11.7 Å². The number of pyridine rings is 1. The molecule has 0 atom stereocenters. The highest BCUT2D eigenvalue weighted by molar-refractivity contribution is 14.0. The zero-order valence-electron chi connectivity index (χ0n) is 18.4. The molecule has 170 valence electrons. The summed E-state index contributed by atoms with van der Waals surface area (Å²) in [5.41, 5.74) is 2.32. The molecule has 0 radical (unpaired) electrons. The van der Waals surface area contributed by atoms with Crippen molar-refractivity contribution in [1.29, 1.82) is 0 Å². The third-order valence-corrected chi connectivity index (χ3v) is 4.08. The quantitative estimate of drug-likeness (QED) is 0.192. The molecule has 0 saturated carbocycles. The number of ether oxygens (including phenoxy) is 1. The van der Waals surface area contributed by atoms with Crippen molar-refractivity contribution >= 4 is 53.3 Å². The molecule has 0 unspecified atom stereocenters. The number of anilines is 1. The molecule has 1 aromatic carbocycles. The third kappa shape index (κ3) is 11.2. The van der Waals surface area contributed by atoms with Gasteiger partial charge in [0.15, 0.2) is 5.96 Å². The average Bonchev–Trinajstić information content (AvgIpc) is 2.67. The first-order chi connectivity index (χ1) is 14.2. The van der Waals surface area contributed by atoms with Crippen LogP contribution in [0.3, 0.4) is 0 Å². The maximum absolute atomic E-state index is 11.8. The van der Waals surface area contributed by atoms with E-state index >= 15 is 0 Å². The summed E-state index contributed by atoms with van der Waals surface area (Å²) in [4.78, 5) is 20.5. The Kier molecular flexibility index (Phi) is 11.6. The van der Waals surface area contributed by atoms with Crippen molar-refractivity contribution in [3.05, 3.63) is 58.9 Å². The normalized spacial score (nSPS) is 11.3. The van der Waals surface area contributed by atoms with Gasteiger partial charge in [-0.05, 0) is 63.4 Å². The van der Waals surface area contributed by atoms with Crippen LogP contribution in [0.15, 0.2) is 47.6 Å². The van der Waals surface area contributed by atoms with E-state index in [1.807, 2.05) is 58.0 Å². The fraction of sp³-hybridized carbons (Fsp3) is 0.409. The number of halogens is 2. The second-order valence-electron chi connectivity index (χ2n) is 7.68. The van der Waals surface area contributed by atoms with Gasteiger partial charge in [-0.25, -0.2) is 14.8 Å². The van der Waals surface area contributed by atoms with Crippen molar-refractivity contribution in [3.8, 4) is 0 Å². The number of hydrogen-bond donors (Lipinski definition) is 3. The van der Waals surface area contributed by atoms with Crippen LogP contribution in [0.5, 0.6) is 0 Å². The van der Waals surface area contributed by atoms with Crippen molar-refractivity contribution < 1.29 is 9.53 Å². The fourth-order valence-electron chi connectivity index (χ4n) is 2.51. The summed E-state index contributed by atoms with van der Waals surface area (Å²) < 4.78 is 5.26. The van der Waals surface area contributed by atoms with Crippen LogP contribution in [0.1, 0.15) is 38.8 Å². The van der Waals surface area contributed by atoms with E-state index in [-0.39, 0.29) is 24.0 Å². The van der Waals surface area contributed by atoms with Gasteiger partial charge in [0, 0.05) is 25.0 Å². The summed E-state index contributed by atoms with van der Waals surface area (Å²) in [5.74, 6) is 0.746. The SMILES string of the molecule is CCNC(=NCc1ccc(Cl)nc1)NCCc1ccc(NC(=O)OC(C)(C)C)cc1.I. The molecular weight excluding hydrogens is 529 g/mol. The summed E-state index contributed by atoms with van der Waals surface area (Å²) in [7, 11) is 0. The highest BCUT2D eigenvalue weighted by Gasteiger charge is 2.16. The minimum atomic E-state index is -0.522. The summed E-state index contributed by atoms with van der Waals surface area (Å²) >= 11 is 5.81. The number of amides is 1. The van der Waals surface area contributed by atoms with Crippen LogP contribution in [-0.2, 0) is 17.7 Å². The second-order valence-corrected chi connectivity index (χ2v) is 8.07. The molecule has 1 heterocycles. The Balaban J connectivity index is 0.00000480. The number of guanidine groups is 1. The lowest BCUT2D eigenvalue weighted by atomic mass is 10.1. The highest BCUT2D eigenvalue weighted by Crippen LogP contribution is 2.13. The van der Waals surface area contributed by atoms with E-state index in [1.165, 1.54) is 0 Å². The molecule has 1 amide bonds. The van der Waals surface area contributed by atoms with Crippen LogP contribution < -0.4 is 16.0 Å². The minimum Gasteiger partial charge on any atom is -0.444 e. The zero-order chi connectivity index (χ0) is 22.0. The van der Waals surface area contributed by atoms with Crippen LogP contribution in [0.25, 0.3) is 0 Å². The lowest BCUT2D eigenvalue weighted by molar-refractivity contribution is 0.0636. The average molecular weight is 560 g/mol. The van der Waals surface area contributed by atoms with Crippen molar-refractivity contribution in [1.82, 2.24) is 15.6 Å². The van der Waals surface area contributed by atoms with E-state index in [0.29, 0.717) is 17.4 Å². The van der Waals surface area contributed by atoms with E-state index in [0.717, 1.165) is 36.6 Å². The van der Waals surface area contributed by atoms with Gasteiger partial charge in [-0.15, -0.1) is 24.0 Å². The molecule has 0 aliphatic carbocycles. The third-order valence-electron chi connectivity index (χ3n) is 3.86. The summed E-state index contributed by atoms with van der Waals surface area (Å²) in [5, 5.41) is 9.76. The monoisotopic (exact) mass is 559 g/mol. The topological polar surface area (TPSA) is 87.6 Å². The predicted molar refractivity (Wildman–Crippen MR) is 137 cm³/mol. The van der Waals surface area contributed by atoms with Gasteiger partial charge in [-0.3, -0.25) is 5.32 Å². The molecule has 0 aliphatic heterocycles. The van der Waals surface area contributed by atoms with Gasteiger partial charge >= 0.3 is 6.09 Å². The molecule has 0 bridgehead atoms. The van der Waals surface area contributed by atoms with Gasteiger partial charge in [0.2, 0.25) is 0 Å². The standard InChI is InChI=1S/C22H30ClN5O2.HI/c1-5-24-20(27-15-17-8-11-19(23)26-14-17)25-13-12-16-6-9-18(10-7-16)28-21(29)30-22(2,3)4;/h6-11,14H,5,12-13,15H2,1-4H3,(H,28,29)(H2,24,25,27);1H. The Morgan fingerprint density at radius 1 is 1.10 bits per heavy atom. The van der Waals surface area contributed by atoms with Crippen molar-refractivity contribution in [2.45, 2.75) is 46.3 Å². The summed E-state index contributed by atoms with van der Waals surface area (Å²) in [6.07, 6.45) is 2.08. The molecule has 31 heavy (non-hydrogen) atoms. The van der Waals surface area contributed by atoms with E-state index in [9.17, 15) is 4.79 Å². The molecular formula is C22H31ClIN5O2.